The molecule has 134 valence electrons. The average molecular weight is 372 g/mol. The molecule has 5 aromatic rings. The Kier molecular flexibility index (Phi) is 3.59. The highest BCUT2D eigenvalue weighted by atomic mass is 32.1. The van der Waals surface area contributed by atoms with Crippen molar-refractivity contribution in [1.29, 1.82) is 0 Å². The van der Waals surface area contributed by atoms with Gasteiger partial charge >= 0.3 is 0 Å². The van der Waals surface area contributed by atoms with Gasteiger partial charge in [0.2, 0.25) is 0 Å². The van der Waals surface area contributed by atoms with Crippen molar-refractivity contribution in [3.63, 3.8) is 0 Å². The fourth-order valence-electron chi connectivity index (χ4n) is 3.89. The number of para-hydroxylation sites is 1. The molecular formula is C23H20N2OS. The zero-order valence-corrected chi connectivity index (χ0v) is 16.6. The lowest BCUT2D eigenvalue weighted by molar-refractivity contribution is 0.670. The molecule has 0 saturated carbocycles. The van der Waals surface area contributed by atoms with Gasteiger partial charge in [0.15, 0.2) is 0 Å². The molecule has 0 radical (unpaired) electrons. The third-order valence-corrected chi connectivity index (χ3v) is 6.17. The average Bonchev–Trinajstić information content (AvgIpc) is 3.20. The molecule has 2 aromatic carbocycles. The van der Waals surface area contributed by atoms with Gasteiger partial charge in [-0.05, 0) is 55.2 Å². The number of nitrogens with zero attached hydrogens (tertiary/aromatic N) is 2. The number of furan rings is 1. The lowest BCUT2D eigenvalue weighted by atomic mass is 9.97. The molecule has 5 rings (SSSR count). The molecule has 4 heteroatoms. The quantitative estimate of drug-likeness (QED) is 0.335. The molecule has 0 N–H and O–H groups in total. The van der Waals surface area contributed by atoms with E-state index in [2.05, 4.69) is 50.0 Å². The van der Waals surface area contributed by atoms with Crippen LogP contribution in [0.25, 0.3) is 43.4 Å². The predicted molar refractivity (Wildman–Crippen MR) is 114 cm³/mol. The number of benzene rings is 2. The summed E-state index contributed by atoms with van der Waals surface area (Å²) in [6.45, 7) is 8.61. The zero-order valence-electron chi connectivity index (χ0n) is 15.8. The number of hydrogen-bond donors (Lipinski definition) is 0. The first-order valence-electron chi connectivity index (χ1n) is 9.21. The zero-order chi connectivity index (χ0) is 18.7. The molecule has 0 aliphatic heterocycles. The van der Waals surface area contributed by atoms with Gasteiger partial charge in [-0.1, -0.05) is 26.0 Å². The fraction of sp³-hybridized carbons (Fsp3) is 0.217. The lowest BCUT2D eigenvalue weighted by Gasteiger charge is -2.11. The van der Waals surface area contributed by atoms with Gasteiger partial charge in [-0.15, -0.1) is 11.3 Å². The van der Waals surface area contributed by atoms with E-state index >= 15 is 0 Å². The van der Waals surface area contributed by atoms with Gasteiger partial charge in [-0.2, -0.15) is 0 Å². The molecule has 0 saturated heterocycles. The van der Waals surface area contributed by atoms with Crippen molar-refractivity contribution in [3.8, 4) is 11.3 Å². The Labute approximate surface area is 161 Å². The minimum Gasteiger partial charge on any atom is -0.455 e. The van der Waals surface area contributed by atoms with Crippen molar-refractivity contribution < 1.29 is 4.42 Å². The van der Waals surface area contributed by atoms with Crippen LogP contribution in [0, 0.1) is 13.8 Å². The second-order valence-corrected chi connectivity index (χ2v) is 8.59. The van der Waals surface area contributed by atoms with E-state index in [0.717, 1.165) is 43.7 Å². The Morgan fingerprint density at radius 1 is 1.07 bits per heavy atom. The minimum absolute atomic E-state index is 0.460. The smallest absolute Gasteiger partial charge is 0.144 e. The predicted octanol–water partition coefficient (Wildman–Crippen LogP) is 7.00. The molecule has 0 atom stereocenters. The molecule has 3 nitrogen and oxygen atoms in total. The molecule has 0 bridgehead atoms. The SMILES string of the molecule is Cc1nc2ccc3oc4c(-c5cc(C(C)C)c(C)cn5)cccc4c3c2s1. The van der Waals surface area contributed by atoms with E-state index in [1.807, 2.05) is 25.3 Å². The van der Waals surface area contributed by atoms with Crippen LogP contribution in [0.5, 0.6) is 0 Å². The normalized spacial score (nSPS) is 12.0. The molecule has 0 spiro atoms. The van der Waals surface area contributed by atoms with E-state index in [0.29, 0.717) is 5.92 Å². The van der Waals surface area contributed by atoms with Gasteiger partial charge in [0.05, 0.1) is 20.9 Å². The summed E-state index contributed by atoms with van der Waals surface area (Å²) in [4.78, 5) is 9.34. The van der Waals surface area contributed by atoms with E-state index in [-0.39, 0.29) is 0 Å². The number of fused-ring (bicyclic) bond motifs is 5. The van der Waals surface area contributed by atoms with E-state index in [1.54, 1.807) is 11.3 Å². The van der Waals surface area contributed by atoms with Gasteiger partial charge in [0, 0.05) is 22.5 Å². The van der Waals surface area contributed by atoms with Crippen LogP contribution in [0.3, 0.4) is 0 Å². The maximum atomic E-state index is 6.32. The van der Waals surface area contributed by atoms with Crippen molar-refractivity contribution in [2.24, 2.45) is 0 Å². The summed E-state index contributed by atoms with van der Waals surface area (Å²) < 4.78 is 7.52. The number of thiazole rings is 1. The summed E-state index contributed by atoms with van der Waals surface area (Å²) in [7, 11) is 0. The number of pyridine rings is 1. The van der Waals surface area contributed by atoms with Crippen molar-refractivity contribution in [2.75, 3.05) is 0 Å². The monoisotopic (exact) mass is 372 g/mol. The summed E-state index contributed by atoms with van der Waals surface area (Å²) >= 11 is 1.72. The standard InChI is InChI=1S/C23H20N2OS/c1-12(2)17-10-19(24-11-13(17)3)15-6-5-7-16-21-20(26-22(15)16)9-8-18-23(21)27-14(4)25-18/h5-12H,1-4H3. The van der Waals surface area contributed by atoms with Gasteiger partial charge in [0.1, 0.15) is 11.2 Å². The second kappa shape index (κ2) is 5.89. The third-order valence-electron chi connectivity index (χ3n) is 5.17. The first-order valence-corrected chi connectivity index (χ1v) is 10.0. The fourth-order valence-corrected chi connectivity index (χ4v) is 4.86. The topological polar surface area (TPSA) is 38.9 Å². The molecule has 3 heterocycles. The van der Waals surface area contributed by atoms with Crippen LogP contribution in [-0.2, 0) is 0 Å². The molecular weight excluding hydrogens is 352 g/mol. The van der Waals surface area contributed by atoms with Crippen LogP contribution in [-0.4, -0.2) is 9.97 Å². The minimum atomic E-state index is 0.460. The third kappa shape index (κ3) is 2.47. The van der Waals surface area contributed by atoms with Gasteiger partial charge in [-0.25, -0.2) is 4.98 Å². The molecule has 0 unspecified atom stereocenters. The van der Waals surface area contributed by atoms with Crippen molar-refractivity contribution in [3.05, 3.63) is 58.7 Å². The van der Waals surface area contributed by atoms with Gasteiger partial charge in [-0.3, -0.25) is 4.98 Å². The summed E-state index contributed by atoms with van der Waals surface area (Å²) in [5, 5.41) is 3.36. The largest absolute Gasteiger partial charge is 0.455 e. The Balaban J connectivity index is 1.84. The maximum absolute atomic E-state index is 6.32. The second-order valence-electron chi connectivity index (χ2n) is 7.38. The molecule has 27 heavy (non-hydrogen) atoms. The lowest BCUT2D eigenvalue weighted by Crippen LogP contribution is -1.95. The molecule has 0 amide bonds. The van der Waals surface area contributed by atoms with Crippen molar-refractivity contribution in [1.82, 2.24) is 9.97 Å². The summed E-state index contributed by atoms with van der Waals surface area (Å²) in [5.41, 5.74) is 7.40. The number of aromatic nitrogens is 2. The van der Waals surface area contributed by atoms with Crippen molar-refractivity contribution in [2.45, 2.75) is 33.6 Å². The number of aryl methyl sites for hydroxylation is 2. The van der Waals surface area contributed by atoms with Crippen LogP contribution in [0.1, 0.15) is 35.9 Å². The maximum Gasteiger partial charge on any atom is 0.144 e. The highest BCUT2D eigenvalue weighted by Crippen LogP contribution is 2.40. The van der Waals surface area contributed by atoms with Gasteiger partial charge in [0.25, 0.3) is 0 Å². The highest BCUT2D eigenvalue weighted by Gasteiger charge is 2.17. The molecule has 3 aromatic heterocycles. The first-order chi connectivity index (χ1) is 13.0. The Hall–Kier alpha value is -2.72. The Bertz CT molecular complexity index is 1330. The summed E-state index contributed by atoms with van der Waals surface area (Å²) in [6.07, 6.45) is 1.97. The van der Waals surface area contributed by atoms with Crippen LogP contribution in [0.15, 0.2) is 47.0 Å². The number of rotatable bonds is 2. The van der Waals surface area contributed by atoms with E-state index in [1.165, 1.54) is 15.8 Å². The summed E-state index contributed by atoms with van der Waals surface area (Å²) in [6, 6.07) is 12.6. The number of hydrogen-bond acceptors (Lipinski definition) is 4. The highest BCUT2D eigenvalue weighted by molar-refractivity contribution is 7.19. The van der Waals surface area contributed by atoms with Crippen LogP contribution in [0.4, 0.5) is 0 Å². The van der Waals surface area contributed by atoms with Crippen LogP contribution >= 0.6 is 11.3 Å². The van der Waals surface area contributed by atoms with Crippen LogP contribution < -0.4 is 0 Å². The van der Waals surface area contributed by atoms with E-state index in [9.17, 15) is 0 Å². The Morgan fingerprint density at radius 2 is 1.93 bits per heavy atom. The molecule has 0 aliphatic carbocycles. The van der Waals surface area contributed by atoms with Crippen molar-refractivity contribution >= 4 is 43.5 Å². The van der Waals surface area contributed by atoms with E-state index in [4.69, 9.17) is 9.40 Å². The first kappa shape index (κ1) is 16.5. The Morgan fingerprint density at radius 3 is 2.74 bits per heavy atom. The molecule has 0 fully saturated rings. The van der Waals surface area contributed by atoms with Gasteiger partial charge < -0.3 is 4.42 Å². The molecule has 0 aliphatic rings. The summed E-state index contributed by atoms with van der Waals surface area (Å²) in [5.74, 6) is 0.460. The van der Waals surface area contributed by atoms with Crippen LogP contribution in [0.2, 0.25) is 0 Å². The van der Waals surface area contributed by atoms with E-state index < -0.39 is 0 Å².